The lowest BCUT2D eigenvalue weighted by Crippen LogP contribution is -2.29. The number of imide groups is 1. The minimum Gasteiger partial charge on any atom is -0.504 e. The molecule has 0 spiro atoms. The van der Waals surface area contributed by atoms with Crippen LogP contribution in [-0.2, 0) is 23.7 Å². The summed E-state index contributed by atoms with van der Waals surface area (Å²) in [4.78, 5) is 24.9. The second-order valence-electron chi connectivity index (χ2n) is 6.38. The van der Waals surface area contributed by atoms with Crippen LogP contribution in [0.25, 0.3) is 6.08 Å². The standard InChI is InChI=1S/C19H11F6NO4S/c20-18(21,22)11-2-3-12(19(23,24)25)10(7-11)8-26-16(29)15(31-17(26)30)6-9-1-4-13(27)14(28)5-9/h1-7,27-28H,8H2. The normalized spacial score (nSPS) is 16.5. The summed E-state index contributed by atoms with van der Waals surface area (Å²) in [6, 6.07) is 4.29. The largest absolute Gasteiger partial charge is 0.504 e. The van der Waals surface area contributed by atoms with Crippen LogP contribution in [0.5, 0.6) is 11.5 Å². The van der Waals surface area contributed by atoms with Crippen LogP contribution in [0.3, 0.4) is 0 Å². The lowest BCUT2D eigenvalue weighted by molar-refractivity contribution is -0.142. The first-order valence-electron chi connectivity index (χ1n) is 8.32. The number of hydrogen-bond acceptors (Lipinski definition) is 5. The van der Waals surface area contributed by atoms with Crippen LogP contribution in [0.15, 0.2) is 41.3 Å². The van der Waals surface area contributed by atoms with E-state index in [1.165, 1.54) is 6.07 Å². The highest BCUT2D eigenvalue weighted by Crippen LogP contribution is 2.39. The van der Waals surface area contributed by atoms with Gasteiger partial charge in [-0.05, 0) is 59.3 Å². The number of carbonyl (C=O) groups excluding carboxylic acids is 2. The van der Waals surface area contributed by atoms with Crippen molar-refractivity contribution in [1.82, 2.24) is 4.90 Å². The molecule has 2 N–H and O–H groups in total. The number of aromatic hydroxyl groups is 2. The van der Waals surface area contributed by atoms with Crippen molar-refractivity contribution in [2.24, 2.45) is 0 Å². The first-order valence-corrected chi connectivity index (χ1v) is 9.13. The van der Waals surface area contributed by atoms with Crippen LogP contribution >= 0.6 is 11.8 Å². The molecule has 0 unspecified atom stereocenters. The van der Waals surface area contributed by atoms with Crippen LogP contribution in [0.1, 0.15) is 22.3 Å². The Morgan fingerprint density at radius 3 is 2.16 bits per heavy atom. The molecule has 1 fully saturated rings. The SMILES string of the molecule is O=C1SC(=Cc2ccc(O)c(O)c2)C(=O)N1Cc1cc(C(F)(F)F)ccc1C(F)(F)F. The topological polar surface area (TPSA) is 77.8 Å². The molecule has 5 nitrogen and oxygen atoms in total. The molecule has 1 heterocycles. The van der Waals surface area contributed by atoms with Gasteiger partial charge in [0, 0.05) is 0 Å². The fraction of sp³-hybridized carbons (Fsp3) is 0.158. The van der Waals surface area contributed by atoms with E-state index < -0.39 is 58.2 Å². The third kappa shape index (κ3) is 4.79. The lowest BCUT2D eigenvalue weighted by atomic mass is 10.0. The molecular formula is C19H11F6NO4S. The van der Waals surface area contributed by atoms with E-state index in [0.717, 1.165) is 18.2 Å². The molecule has 0 saturated carbocycles. The highest BCUT2D eigenvalue weighted by Gasteiger charge is 2.40. The van der Waals surface area contributed by atoms with Crippen molar-refractivity contribution in [2.75, 3.05) is 0 Å². The quantitative estimate of drug-likeness (QED) is 0.364. The smallest absolute Gasteiger partial charge is 0.416 e. The number of thioether (sulfide) groups is 1. The first kappa shape index (κ1) is 22.5. The molecule has 31 heavy (non-hydrogen) atoms. The summed E-state index contributed by atoms with van der Waals surface area (Å²) in [5.41, 5.74) is -3.42. The maximum Gasteiger partial charge on any atom is 0.416 e. The predicted octanol–water partition coefficient (Wildman–Crippen LogP) is 5.37. The van der Waals surface area contributed by atoms with E-state index in [2.05, 4.69) is 0 Å². The van der Waals surface area contributed by atoms with Gasteiger partial charge < -0.3 is 10.2 Å². The molecule has 0 bridgehead atoms. The van der Waals surface area contributed by atoms with Gasteiger partial charge in [-0.25, -0.2) is 0 Å². The third-order valence-corrected chi connectivity index (χ3v) is 5.14. The molecule has 0 aromatic heterocycles. The van der Waals surface area contributed by atoms with Gasteiger partial charge in [0.05, 0.1) is 22.6 Å². The van der Waals surface area contributed by atoms with Crippen molar-refractivity contribution in [3.05, 3.63) is 63.6 Å². The molecule has 3 rings (SSSR count). The third-order valence-electron chi connectivity index (χ3n) is 4.24. The zero-order chi connectivity index (χ0) is 23.1. The van der Waals surface area contributed by atoms with Crippen LogP contribution in [-0.4, -0.2) is 26.3 Å². The van der Waals surface area contributed by atoms with Gasteiger partial charge in [-0.15, -0.1) is 0 Å². The number of amides is 2. The summed E-state index contributed by atoms with van der Waals surface area (Å²) in [7, 11) is 0. The van der Waals surface area contributed by atoms with Crippen LogP contribution in [0.2, 0.25) is 0 Å². The Balaban J connectivity index is 1.95. The summed E-state index contributed by atoms with van der Waals surface area (Å²) in [6.45, 7) is -1.01. The highest BCUT2D eigenvalue weighted by molar-refractivity contribution is 8.18. The van der Waals surface area contributed by atoms with Gasteiger partial charge in [-0.1, -0.05) is 6.07 Å². The van der Waals surface area contributed by atoms with Gasteiger partial charge in [0.25, 0.3) is 11.1 Å². The molecule has 0 atom stereocenters. The second-order valence-corrected chi connectivity index (χ2v) is 7.38. The van der Waals surface area contributed by atoms with Crippen LogP contribution in [0.4, 0.5) is 31.1 Å². The Morgan fingerprint density at radius 2 is 1.58 bits per heavy atom. The first-order chi connectivity index (χ1) is 14.3. The van der Waals surface area contributed by atoms with Crippen LogP contribution < -0.4 is 0 Å². The van der Waals surface area contributed by atoms with Gasteiger partial charge in [0.15, 0.2) is 11.5 Å². The second kappa shape index (κ2) is 7.84. The molecule has 2 aromatic carbocycles. The zero-order valence-corrected chi connectivity index (χ0v) is 15.9. The average Bonchev–Trinajstić information content (AvgIpc) is 2.90. The van der Waals surface area contributed by atoms with Gasteiger partial charge in [0.1, 0.15) is 0 Å². The number of rotatable bonds is 3. The van der Waals surface area contributed by atoms with Crippen molar-refractivity contribution in [1.29, 1.82) is 0 Å². The minimum atomic E-state index is -5.00. The summed E-state index contributed by atoms with van der Waals surface area (Å²) < 4.78 is 78.6. The summed E-state index contributed by atoms with van der Waals surface area (Å²) in [6.07, 6.45) is -8.76. The number of benzene rings is 2. The van der Waals surface area contributed by atoms with E-state index in [9.17, 15) is 46.1 Å². The van der Waals surface area contributed by atoms with E-state index in [1.807, 2.05) is 0 Å². The number of phenolic OH excluding ortho intramolecular Hbond substituents is 2. The van der Waals surface area contributed by atoms with Crippen molar-refractivity contribution < 1.29 is 46.1 Å². The number of halogens is 6. The summed E-state index contributed by atoms with van der Waals surface area (Å²) >= 11 is 0.380. The Bertz CT molecular complexity index is 1090. The zero-order valence-electron chi connectivity index (χ0n) is 15.1. The van der Waals surface area contributed by atoms with E-state index in [0.29, 0.717) is 16.7 Å². The van der Waals surface area contributed by atoms with Crippen molar-refractivity contribution in [2.45, 2.75) is 18.9 Å². The molecule has 0 radical (unpaired) electrons. The van der Waals surface area contributed by atoms with Gasteiger partial charge in [-0.3, -0.25) is 14.5 Å². The molecule has 2 aromatic rings. The highest BCUT2D eigenvalue weighted by atomic mass is 32.2. The molecule has 2 amide bonds. The molecule has 0 aliphatic carbocycles. The molecule has 1 saturated heterocycles. The maximum absolute atomic E-state index is 13.2. The fourth-order valence-electron chi connectivity index (χ4n) is 2.77. The number of nitrogens with zero attached hydrogens (tertiary/aromatic N) is 1. The van der Waals surface area contributed by atoms with E-state index in [1.54, 1.807) is 0 Å². The Hall–Kier alpha value is -3.15. The summed E-state index contributed by atoms with van der Waals surface area (Å²) in [5.74, 6) is -1.95. The van der Waals surface area contributed by atoms with Crippen molar-refractivity contribution >= 4 is 29.0 Å². The average molecular weight is 463 g/mol. The number of carbonyl (C=O) groups is 2. The minimum absolute atomic E-state index is 0.204. The van der Waals surface area contributed by atoms with E-state index >= 15 is 0 Å². The molecular weight excluding hydrogens is 452 g/mol. The molecule has 12 heteroatoms. The predicted molar refractivity (Wildman–Crippen MR) is 97.7 cm³/mol. The van der Waals surface area contributed by atoms with E-state index in [4.69, 9.17) is 0 Å². The fourth-order valence-corrected chi connectivity index (χ4v) is 3.60. The Morgan fingerprint density at radius 1 is 0.903 bits per heavy atom. The number of hydrogen-bond donors (Lipinski definition) is 2. The molecule has 1 aliphatic heterocycles. The van der Waals surface area contributed by atoms with Crippen molar-refractivity contribution in [3.63, 3.8) is 0 Å². The van der Waals surface area contributed by atoms with Crippen LogP contribution in [0, 0.1) is 0 Å². The maximum atomic E-state index is 13.2. The lowest BCUT2D eigenvalue weighted by Gasteiger charge is -2.19. The number of phenols is 2. The Labute approximate surface area is 174 Å². The Kier molecular flexibility index (Phi) is 5.70. The van der Waals surface area contributed by atoms with Gasteiger partial charge >= 0.3 is 12.4 Å². The molecule has 164 valence electrons. The van der Waals surface area contributed by atoms with E-state index in [-0.39, 0.29) is 28.7 Å². The van der Waals surface area contributed by atoms with Crippen molar-refractivity contribution in [3.8, 4) is 11.5 Å². The van der Waals surface area contributed by atoms with Gasteiger partial charge in [0.2, 0.25) is 0 Å². The molecule has 1 aliphatic rings. The summed E-state index contributed by atoms with van der Waals surface area (Å²) in [5, 5.41) is 17.8. The monoisotopic (exact) mass is 463 g/mol. The number of alkyl halides is 6. The van der Waals surface area contributed by atoms with Gasteiger partial charge in [-0.2, -0.15) is 26.3 Å².